The van der Waals surface area contributed by atoms with Gasteiger partial charge in [0.05, 0.1) is 5.92 Å². The average molecular weight is 579 g/mol. The molecular formula is C43H30O2. The lowest BCUT2D eigenvalue weighted by Gasteiger charge is -2.47. The summed E-state index contributed by atoms with van der Waals surface area (Å²) in [6.07, 6.45) is 0. The van der Waals surface area contributed by atoms with Gasteiger partial charge in [-0.3, -0.25) is 0 Å². The van der Waals surface area contributed by atoms with Gasteiger partial charge in [-0.15, -0.1) is 0 Å². The van der Waals surface area contributed by atoms with Gasteiger partial charge in [-0.2, -0.15) is 0 Å². The highest BCUT2D eigenvalue weighted by Gasteiger charge is 2.66. The molecule has 0 amide bonds. The van der Waals surface area contributed by atoms with Gasteiger partial charge in [-0.1, -0.05) is 176 Å². The first kappa shape index (κ1) is 26.0. The number of benzene rings is 6. The van der Waals surface area contributed by atoms with E-state index >= 15 is 0 Å². The fraction of sp³-hybridized carbons (Fsp3) is 0.0698. The van der Waals surface area contributed by atoms with Gasteiger partial charge in [0.1, 0.15) is 22.7 Å². The van der Waals surface area contributed by atoms with Gasteiger partial charge in [-0.05, 0) is 27.8 Å². The molecule has 2 heteroatoms. The highest BCUT2D eigenvalue weighted by molar-refractivity contribution is 5.81. The third-order valence-corrected chi connectivity index (χ3v) is 9.60. The Morgan fingerprint density at radius 1 is 0.422 bits per heavy atom. The van der Waals surface area contributed by atoms with Crippen LogP contribution >= 0.6 is 0 Å². The molecule has 3 atom stereocenters. The molecule has 7 aromatic rings. The average Bonchev–Trinajstić information content (AvgIpc) is 3.65. The first-order chi connectivity index (χ1) is 22.3. The maximum atomic E-state index is 7.96. The van der Waals surface area contributed by atoms with E-state index in [4.69, 9.17) is 9.15 Å². The fourth-order valence-electron chi connectivity index (χ4n) is 7.88. The Hall–Kier alpha value is -5.44. The lowest BCUT2D eigenvalue weighted by Crippen LogP contribution is -2.45. The molecule has 45 heavy (non-hydrogen) atoms. The third-order valence-electron chi connectivity index (χ3n) is 9.60. The van der Waals surface area contributed by atoms with E-state index in [1.54, 1.807) is 0 Å². The normalized spacial score (nSPS) is 21.2. The van der Waals surface area contributed by atoms with Crippen LogP contribution in [0.1, 0.15) is 44.9 Å². The molecule has 2 aliphatic rings. The monoisotopic (exact) mass is 578 g/mol. The zero-order valence-corrected chi connectivity index (χ0v) is 24.6. The Morgan fingerprint density at radius 3 is 1.49 bits per heavy atom. The number of hydrogen-bond acceptors (Lipinski definition) is 2. The van der Waals surface area contributed by atoms with Crippen LogP contribution in [0.3, 0.4) is 0 Å². The van der Waals surface area contributed by atoms with E-state index in [0.29, 0.717) is 0 Å². The number of rotatable bonds is 5. The Balaban J connectivity index is 1.53. The van der Waals surface area contributed by atoms with Crippen LogP contribution in [0.15, 0.2) is 180 Å². The van der Waals surface area contributed by atoms with Gasteiger partial charge >= 0.3 is 0 Å². The van der Waals surface area contributed by atoms with E-state index in [1.807, 2.05) is 0 Å². The molecule has 2 bridgehead atoms. The van der Waals surface area contributed by atoms with Gasteiger partial charge in [0.25, 0.3) is 0 Å². The molecule has 1 aliphatic heterocycles. The van der Waals surface area contributed by atoms with Crippen LogP contribution in [0.25, 0.3) is 22.6 Å². The number of fused-ring (bicyclic) bond motifs is 2. The fourth-order valence-corrected chi connectivity index (χ4v) is 7.88. The van der Waals surface area contributed by atoms with Crippen LogP contribution in [0.5, 0.6) is 0 Å². The van der Waals surface area contributed by atoms with Crippen molar-refractivity contribution in [1.29, 1.82) is 0 Å². The van der Waals surface area contributed by atoms with E-state index in [-0.39, 0.29) is 5.92 Å². The van der Waals surface area contributed by atoms with Gasteiger partial charge in [0.2, 0.25) is 0 Å². The molecule has 0 spiro atoms. The van der Waals surface area contributed by atoms with Crippen molar-refractivity contribution in [2.24, 2.45) is 0 Å². The van der Waals surface area contributed by atoms with E-state index in [2.05, 4.69) is 176 Å². The molecule has 1 aromatic heterocycles. The van der Waals surface area contributed by atoms with E-state index in [9.17, 15) is 0 Å². The largest absolute Gasteiger partial charge is 0.455 e. The van der Waals surface area contributed by atoms with Crippen molar-refractivity contribution < 1.29 is 9.15 Å². The molecule has 2 nitrogen and oxygen atoms in total. The van der Waals surface area contributed by atoms with Crippen LogP contribution in [-0.2, 0) is 15.9 Å². The second-order valence-corrected chi connectivity index (χ2v) is 11.9. The molecule has 1 aliphatic carbocycles. The number of furan rings is 1. The maximum Gasteiger partial charge on any atom is 0.149 e. The predicted molar refractivity (Wildman–Crippen MR) is 179 cm³/mol. The van der Waals surface area contributed by atoms with Crippen LogP contribution in [0.2, 0.25) is 0 Å². The van der Waals surface area contributed by atoms with Crippen LogP contribution in [0, 0.1) is 0 Å². The lowest BCUT2D eigenvalue weighted by molar-refractivity contribution is -0.0990. The minimum atomic E-state index is -0.921. The summed E-state index contributed by atoms with van der Waals surface area (Å²) in [7, 11) is 0. The molecule has 0 fully saturated rings. The minimum Gasteiger partial charge on any atom is -0.455 e. The quantitative estimate of drug-likeness (QED) is 0.203. The zero-order valence-electron chi connectivity index (χ0n) is 24.6. The molecule has 9 rings (SSSR count). The topological polar surface area (TPSA) is 22.4 Å². The number of ether oxygens (including phenoxy) is 1. The molecular weight excluding hydrogens is 548 g/mol. The Kier molecular flexibility index (Phi) is 5.81. The molecule has 6 aromatic carbocycles. The number of hydrogen-bond donors (Lipinski definition) is 0. The molecule has 0 saturated heterocycles. The summed E-state index contributed by atoms with van der Waals surface area (Å²) in [5, 5.41) is 0. The van der Waals surface area contributed by atoms with E-state index in [1.165, 1.54) is 16.7 Å². The molecule has 2 heterocycles. The first-order valence-electron chi connectivity index (χ1n) is 15.6. The summed E-state index contributed by atoms with van der Waals surface area (Å²) in [6, 6.07) is 62.2. The minimum absolute atomic E-state index is 0.201. The molecule has 0 saturated carbocycles. The van der Waals surface area contributed by atoms with Gasteiger partial charge < -0.3 is 9.15 Å². The summed E-state index contributed by atoms with van der Waals surface area (Å²) in [5.41, 5.74) is 8.28. The third kappa shape index (κ3) is 3.61. The summed E-state index contributed by atoms with van der Waals surface area (Å²) in [4.78, 5) is 0. The SMILES string of the molecule is c1ccc(-c2oc(-c3ccccc3)c3c2[C@H](c2ccccc2)[C@]2(c4ccccc4)O[C@@]3(c3ccccc3)c3ccccc32)cc1. The van der Waals surface area contributed by atoms with Crippen LogP contribution in [0.4, 0.5) is 0 Å². The van der Waals surface area contributed by atoms with E-state index < -0.39 is 11.2 Å². The summed E-state index contributed by atoms with van der Waals surface area (Å²) in [5.74, 6) is 1.52. The second-order valence-electron chi connectivity index (χ2n) is 11.9. The van der Waals surface area contributed by atoms with Crippen LogP contribution < -0.4 is 0 Å². The summed E-state index contributed by atoms with van der Waals surface area (Å²) >= 11 is 0. The highest BCUT2D eigenvalue weighted by Crippen LogP contribution is 2.70. The Bertz CT molecular complexity index is 2120. The first-order valence-corrected chi connectivity index (χ1v) is 15.6. The van der Waals surface area contributed by atoms with Crippen molar-refractivity contribution in [3.63, 3.8) is 0 Å². The second kappa shape index (κ2) is 10.1. The molecule has 0 radical (unpaired) electrons. The van der Waals surface area contributed by atoms with Gasteiger partial charge in [0, 0.05) is 22.3 Å². The predicted octanol–water partition coefficient (Wildman–Crippen LogP) is 10.3. The zero-order chi connectivity index (χ0) is 29.8. The Labute approximate surface area is 263 Å². The molecule has 0 N–H and O–H groups in total. The van der Waals surface area contributed by atoms with Crippen molar-refractivity contribution in [3.05, 3.63) is 215 Å². The highest BCUT2D eigenvalue weighted by atomic mass is 16.5. The van der Waals surface area contributed by atoms with Crippen molar-refractivity contribution >= 4 is 0 Å². The summed E-state index contributed by atoms with van der Waals surface area (Å²) < 4.78 is 15.2. The van der Waals surface area contributed by atoms with E-state index in [0.717, 1.165) is 44.9 Å². The van der Waals surface area contributed by atoms with Gasteiger partial charge in [0.15, 0.2) is 0 Å². The standard InChI is InChI=1S/C43H30O2/c1-6-18-30(19-7-1)38-37-39(41(32-22-10-3-11-23-32)44-40(37)31-20-8-2-9-21-31)43(34-26-14-5-15-27-34)36-29-17-16-28-35(36)42(38,45-43)33-24-12-4-13-25-33/h1-29,38H/t38-,42+,43-/m0/s1. The molecule has 0 unspecified atom stereocenters. The maximum absolute atomic E-state index is 7.96. The van der Waals surface area contributed by atoms with Crippen molar-refractivity contribution in [3.8, 4) is 22.6 Å². The Morgan fingerprint density at radius 2 is 0.889 bits per heavy atom. The van der Waals surface area contributed by atoms with Crippen molar-refractivity contribution in [1.82, 2.24) is 0 Å². The molecule has 214 valence electrons. The smallest absolute Gasteiger partial charge is 0.149 e. The van der Waals surface area contributed by atoms with Gasteiger partial charge in [-0.25, -0.2) is 0 Å². The van der Waals surface area contributed by atoms with Crippen LogP contribution in [-0.4, -0.2) is 0 Å². The van der Waals surface area contributed by atoms with Crippen molar-refractivity contribution in [2.45, 2.75) is 17.1 Å². The summed E-state index contributed by atoms with van der Waals surface area (Å²) in [6.45, 7) is 0. The van der Waals surface area contributed by atoms with Crippen molar-refractivity contribution in [2.75, 3.05) is 0 Å². The lowest BCUT2D eigenvalue weighted by atomic mass is 9.68.